The van der Waals surface area contributed by atoms with Crippen LogP contribution in [0.15, 0.2) is 18.2 Å². The van der Waals surface area contributed by atoms with Crippen molar-refractivity contribution >= 4 is 11.6 Å². The average molecular weight is 277 g/mol. The number of benzene rings is 1. The minimum absolute atomic E-state index is 0.151. The Morgan fingerprint density at radius 2 is 1.85 bits per heavy atom. The first-order valence-electron chi connectivity index (χ1n) is 7.70. The van der Waals surface area contributed by atoms with E-state index in [1.165, 1.54) is 19.3 Å². The number of phenolic OH excluding ortho intramolecular Hbond substituents is 1. The molecule has 0 fully saturated rings. The van der Waals surface area contributed by atoms with Crippen molar-refractivity contribution in [1.82, 2.24) is 0 Å². The molecule has 0 aromatic heterocycles. The SMILES string of the molecule is CCCCCCCC(=O)N(CC)c1cc(O)ccc1C. The molecule has 0 atom stereocenters. The van der Waals surface area contributed by atoms with E-state index < -0.39 is 0 Å². The molecule has 0 bridgehead atoms. The van der Waals surface area contributed by atoms with Crippen molar-refractivity contribution in [1.29, 1.82) is 0 Å². The zero-order valence-electron chi connectivity index (χ0n) is 13.0. The molecule has 0 unspecified atom stereocenters. The second kappa shape index (κ2) is 8.62. The van der Waals surface area contributed by atoms with Gasteiger partial charge in [0, 0.05) is 19.0 Å². The molecule has 20 heavy (non-hydrogen) atoms. The van der Waals surface area contributed by atoms with Gasteiger partial charge in [-0.3, -0.25) is 4.79 Å². The summed E-state index contributed by atoms with van der Waals surface area (Å²) < 4.78 is 0. The van der Waals surface area contributed by atoms with E-state index in [2.05, 4.69) is 6.92 Å². The number of amides is 1. The van der Waals surface area contributed by atoms with Crippen LogP contribution in [0.5, 0.6) is 5.75 Å². The lowest BCUT2D eigenvalue weighted by Crippen LogP contribution is -2.30. The van der Waals surface area contributed by atoms with Crippen LogP contribution in [0.1, 0.15) is 57.9 Å². The summed E-state index contributed by atoms with van der Waals surface area (Å²) in [5, 5.41) is 9.60. The molecule has 0 saturated carbocycles. The molecule has 0 aliphatic carbocycles. The van der Waals surface area contributed by atoms with E-state index in [-0.39, 0.29) is 11.7 Å². The van der Waals surface area contributed by atoms with Crippen molar-refractivity contribution in [2.24, 2.45) is 0 Å². The summed E-state index contributed by atoms with van der Waals surface area (Å²) in [6.45, 7) is 6.76. The van der Waals surface area contributed by atoms with Gasteiger partial charge in [-0.2, -0.15) is 0 Å². The normalized spacial score (nSPS) is 10.6. The number of rotatable bonds is 8. The number of carbonyl (C=O) groups excluding carboxylic acids is 1. The molecule has 1 N–H and O–H groups in total. The van der Waals surface area contributed by atoms with Gasteiger partial charge in [-0.25, -0.2) is 0 Å². The molecule has 3 heteroatoms. The van der Waals surface area contributed by atoms with Crippen LogP contribution in [0, 0.1) is 6.92 Å². The first-order valence-corrected chi connectivity index (χ1v) is 7.70. The fourth-order valence-corrected chi connectivity index (χ4v) is 2.38. The van der Waals surface area contributed by atoms with Crippen molar-refractivity contribution in [3.05, 3.63) is 23.8 Å². The number of phenols is 1. The van der Waals surface area contributed by atoms with Crippen molar-refractivity contribution < 1.29 is 9.90 Å². The molecule has 0 radical (unpaired) electrons. The van der Waals surface area contributed by atoms with Gasteiger partial charge in [0.05, 0.1) is 5.69 Å². The van der Waals surface area contributed by atoms with E-state index in [4.69, 9.17) is 0 Å². The molecular formula is C17H27NO2. The third-order valence-electron chi connectivity index (χ3n) is 3.59. The average Bonchev–Trinajstić information content (AvgIpc) is 2.43. The molecule has 112 valence electrons. The Morgan fingerprint density at radius 1 is 1.15 bits per heavy atom. The van der Waals surface area contributed by atoms with E-state index in [1.54, 1.807) is 17.0 Å². The molecule has 0 aliphatic rings. The Balaban J connectivity index is 2.61. The zero-order valence-corrected chi connectivity index (χ0v) is 13.0. The Labute approximate surface area is 122 Å². The molecule has 0 heterocycles. The summed E-state index contributed by atoms with van der Waals surface area (Å²) in [7, 11) is 0. The van der Waals surface area contributed by atoms with Gasteiger partial charge in [0.25, 0.3) is 0 Å². The van der Waals surface area contributed by atoms with Gasteiger partial charge in [-0.15, -0.1) is 0 Å². The predicted molar refractivity (Wildman–Crippen MR) is 84.2 cm³/mol. The van der Waals surface area contributed by atoms with Gasteiger partial charge < -0.3 is 10.0 Å². The van der Waals surface area contributed by atoms with E-state index in [0.29, 0.717) is 13.0 Å². The Hall–Kier alpha value is -1.51. The molecule has 0 saturated heterocycles. The Morgan fingerprint density at radius 3 is 2.50 bits per heavy atom. The highest BCUT2D eigenvalue weighted by atomic mass is 16.3. The number of aromatic hydroxyl groups is 1. The van der Waals surface area contributed by atoms with Gasteiger partial charge in [0.2, 0.25) is 5.91 Å². The van der Waals surface area contributed by atoms with E-state index in [1.807, 2.05) is 19.9 Å². The lowest BCUT2D eigenvalue weighted by atomic mass is 10.1. The van der Waals surface area contributed by atoms with Gasteiger partial charge in [0.15, 0.2) is 0 Å². The molecule has 0 aliphatic heterocycles. The minimum atomic E-state index is 0.151. The third kappa shape index (κ3) is 4.87. The van der Waals surface area contributed by atoms with Crippen molar-refractivity contribution in [2.45, 2.75) is 59.3 Å². The van der Waals surface area contributed by atoms with Crippen LogP contribution in [0.2, 0.25) is 0 Å². The van der Waals surface area contributed by atoms with Gasteiger partial charge >= 0.3 is 0 Å². The standard InChI is InChI=1S/C17H27NO2/c1-4-6-7-8-9-10-17(20)18(5-2)16-13-15(19)12-11-14(16)3/h11-13,19H,4-10H2,1-3H3. The summed E-state index contributed by atoms with van der Waals surface area (Å²) in [6, 6.07) is 5.18. The molecule has 1 amide bonds. The second-order valence-corrected chi connectivity index (χ2v) is 5.27. The topological polar surface area (TPSA) is 40.5 Å². The van der Waals surface area contributed by atoms with Crippen molar-refractivity contribution in [2.75, 3.05) is 11.4 Å². The number of aryl methyl sites for hydroxylation is 1. The van der Waals surface area contributed by atoms with Crippen LogP contribution >= 0.6 is 0 Å². The second-order valence-electron chi connectivity index (χ2n) is 5.27. The summed E-state index contributed by atoms with van der Waals surface area (Å²) in [5.41, 5.74) is 1.84. The number of hydrogen-bond acceptors (Lipinski definition) is 2. The fraction of sp³-hybridized carbons (Fsp3) is 0.588. The number of anilines is 1. The Bertz CT molecular complexity index is 429. The number of nitrogens with zero attached hydrogens (tertiary/aromatic N) is 1. The van der Waals surface area contributed by atoms with Crippen LogP contribution in [-0.2, 0) is 4.79 Å². The Kier molecular flexibility index (Phi) is 7.13. The summed E-state index contributed by atoms with van der Waals surface area (Å²) in [5.74, 6) is 0.359. The number of carbonyl (C=O) groups is 1. The molecule has 3 nitrogen and oxygen atoms in total. The van der Waals surface area contributed by atoms with Crippen LogP contribution in [-0.4, -0.2) is 17.6 Å². The predicted octanol–water partition coefficient (Wildman–Crippen LogP) is 4.41. The van der Waals surface area contributed by atoms with Crippen LogP contribution < -0.4 is 4.90 Å². The maximum absolute atomic E-state index is 12.3. The molecule has 1 aromatic rings. The van der Waals surface area contributed by atoms with Crippen LogP contribution in [0.25, 0.3) is 0 Å². The quantitative estimate of drug-likeness (QED) is 0.715. The molecule has 1 aromatic carbocycles. The fourth-order valence-electron chi connectivity index (χ4n) is 2.38. The molecule has 0 spiro atoms. The van der Waals surface area contributed by atoms with E-state index in [9.17, 15) is 9.90 Å². The van der Waals surface area contributed by atoms with E-state index >= 15 is 0 Å². The molecular weight excluding hydrogens is 250 g/mol. The lowest BCUT2D eigenvalue weighted by Gasteiger charge is -2.23. The zero-order chi connectivity index (χ0) is 15.0. The number of unbranched alkanes of at least 4 members (excludes halogenated alkanes) is 4. The smallest absolute Gasteiger partial charge is 0.226 e. The van der Waals surface area contributed by atoms with Gasteiger partial charge in [0.1, 0.15) is 5.75 Å². The highest BCUT2D eigenvalue weighted by Crippen LogP contribution is 2.25. The highest BCUT2D eigenvalue weighted by Gasteiger charge is 2.15. The monoisotopic (exact) mass is 277 g/mol. The summed E-state index contributed by atoms with van der Waals surface area (Å²) >= 11 is 0. The maximum atomic E-state index is 12.3. The minimum Gasteiger partial charge on any atom is -0.508 e. The van der Waals surface area contributed by atoms with E-state index in [0.717, 1.165) is 24.1 Å². The molecule has 1 rings (SSSR count). The maximum Gasteiger partial charge on any atom is 0.226 e. The van der Waals surface area contributed by atoms with Gasteiger partial charge in [-0.1, -0.05) is 38.7 Å². The first kappa shape index (κ1) is 16.5. The number of hydrogen-bond donors (Lipinski definition) is 1. The summed E-state index contributed by atoms with van der Waals surface area (Å²) in [6.07, 6.45) is 6.34. The summed E-state index contributed by atoms with van der Waals surface area (Å²) in [4.78, 5) is 14.1. The van der Waals surface area contributed by atoms with Crippen molar-refractivity contribution in [3.63, 3.8) is 0 Å². The van der Waals surface area contributed by atoms with Gasteiger partial charge in [-0.05, 0) is 31.9 Å². The first-order chi connectivity index (χ1) is 9.60. The largest absolute Gasteiger partial charge is 0.508 e. The van der Waals surface area contributed by atoms with Crippen LogP contribution in [0.3, 0.4) is 0 Å². The van der Waals surface area contributed by atoms with Crippen molar-refractivity contribution in [3.8, 4) is 5.75 Å². The van der Waals surface area contributed by atoms with Crippen LogP contribution in [0.4, 0.5) is 5.69 Å². The highest BCUT2D eigenvalue weighted by molar-refractivity contribution is 5.94. The third-order valence-corrected chi connectivity index (χ3v) is 3.59. The lowest BCUT2D eigenvalue weighted by molar-refractivity contribution is -0.118.